The molecule has 0 bridgehead atoms. The van der Waals surface area contributed by atoms with Crippen LogP contribution in [-0.2, 0) is 11.3 Å². The first-order valence-electron chi connectivity index (χ1n) is 2.53. The van der Waals surface area contributed by atoms with E-state index < -0.39 is 23.8 Å². The zero-order valence-corrected chi connectivity index (χ0v) is 5.14. The molecule has 0 aliphatic rings. The van der Waals surface area contributed by atoms with E-state index in [2.05, 4.69) is 9.05 Å². The fourth-order valence-corrected chi connectivity index (χ4v) is 0.453. The SMILES string of the molecule is O=C(O)Cn1oc(=O)c(=O)o1. The highest BCUT2D eigenvalue weighted by Gasteiger charge is 2.07. The standard InChI is InChI=1S/C4H3NO6/c6-2(7)1-5-10-3(8)4(9)11-5/h1H2,(H,6,7). The van der Waals surface area contributed by atoms with Gasteiger partial charge >= 0.3 is 17.2 Å². The Balaban J connectivity index is 2.99. The summed E-state index contributed by atoms with van der Waals surface area (Å²) in [6.07, 6.45) is 0. The molecule has 0 spiro atoms. The van der Waals surface area contributed by atoms with Crippen molar-refractivity contribution in [1.29, 1.82) is 0 Å². The van der Waals surface area contributed by atoms with E-state index in [1.54, 1.807) is 0 Å². The number of carbonyl (C=O) groups is 1. The van der Waals surface area contributed by atoms with Gasteiger partial charge in [0.05, 0.1) is 0 Å². The smallest absolute Gasteiger partial charge is 0.446 e. The second-order valence-electron chi connectivity index (χ2n) is 1.64. The summed E-state index contributed by atoms with van der Waals surface area (Å²) in [5, 5.41) is 8.12. The molecule has 0 radical (unpaired) electrons. The van der Waals surface area contributed by atoms with Crippen LogP contribution in [0.4, 0.5) is 0 Å². The summed E-state index contributed by atoms with van der Waals surface area (Å²) in [7, 11) is 0. The zero-order chi connectivity index (χ0) is 8.43. The molecule has 0 aliphatic heterocycles. The minimum absolute atomic E-state index is 0.299. The van der Waals surface area contributed by atoms with Gasteiger partial charge in [-0.25, -0.2) is 9.59 Å². The van der Waals surface area contributed by atoms with E-state index >= 15 is 0 Å². The lowest BCUT2D eigenvalue weighted by molar-refractivity contribution is -0.141. The van der Waals surface area contributed by atoms with Crippen molar-refractivity contribution in [1.82, 2.24) is 4.91 Å². The molecule has 1 aromatic heterocycles. The van der Waals surface area contributed by atoms with Gasteiger partial charge in [0.2, 0.25) is 0 Å². The fourth-order valence-electron chi connectivity index (χ4n) is 0.453. The van der Waals surface area contributed by atoms with Crippen LogP contribution in [0.15, 0.2) is 18.6 Å². The van der Waals surface area contributed by atoms with E-state index in [-0.39, 0.29) is 0 Å². The van der Waals surface area contributed by atoms with Crippen molar-refractivity contribution >= 4 is 5.97 Å². The largest absolute Gasteiger partial charge is 0.480 e. The Morgan fingerprint density at radius 1 is 1.36 bits per heavy atom. The lowest BCUT2D eigenvalue weighted by atomic mass is 10.7. The first-order valence-corrected chi connectivity index (χ1v) is 2.53. The molecule has 7 nitrogen and oxygen atoms in total. The minimum atomic E-state index is -1.27. The molecule has 1 heterocycles. The average molecular weight is 161 g/mol. The maximum atomic E-state index is 10.2. The number of aromatic nitrogens is 1. The zero-order valence-electron chi connectivity index (χ0n) is 5.14. The summed E-state index contributed by atoms with van der Waals surface area (Å²) in [5.74, 6) is -1.27. The second-order valence-corrected chi connectivity index (χ2v) is 1.64. The Morgan fingerprint density at radius 2 is 1.82 bits per heavy atom. The van der Waals surface area contributed by atoms with Crippen LogP contribution in [0.3, 0.4) is 0 Å². The van der Waals surface area contributed by atoms with Gasteiger partial charge in [-0.05, 0) is 4.91 Å². The number of carboxylic acid groups (broad SMARTS) is 1. The molecule has 1 aromatic rings. The Morgan fingerprint density at radius 3 is 2.18 bits per heavy atom. The molecule has 0 fully saturated rings. The highest BCUT2D eigenvalue weighted by molar-refractivity contribution is 5.65. The first-order chi connectivity index (χ1) is 5.09. The van der Waals surface area contributed by atoms with Crippen LogP contribution in [0.5, 0.6) is 0 Å². The van der Waals surface area contributed by atoms with Gasteiger partial charge in [-0.3, -0.25) is 13.8 Å². The molecule has 7 heteroatoms. The number of carboxylic acids is 1. The highest BCUT2D eigenvalue weighted by Crippen LogP contribution is 1.78. The Kier molecular flexibility index (Phi) is 1.63. The van der Waals surface area contributed by atoms with Crippen LogP contribution in [0.1, 0.15) is 0 Å². The molecule has 60 valence electrons. The summed E-state index contributed by atoms with van der Waals surface area (Å²) >= 11 is 0. The quantitative estimate of drug-likeness (QED) is 0.528. The van der Waals surface area contributed by atoms with Crippen LogP contribution in [0, 0.1) is 0 Å². The number of nitrogens with zero attached hydrogens (tertiary/aromatic N) is 1. The van der Waals surface area contributed by atoms with Crippen molar-refractivity contribution in [3.05, 3.63) is 20.8 Å². The van der Waals surface area contributed by atoms with Crippen molar-refractivity contribution in [3.63, 3.8) is 0 Å². The van der Waals surface area contributed by atoms with Gasteiger partial charge in [0.1, 0.15) is 0 Å². The van der Waals surface area contributed by atoms with Gasteiger partial charge in [-0.15, -0.1) is 0 Å². The molecule has 0 saturated carbocycles. The molecular weight excluding hydrogens is 158 g/mol. The van der Waals surface area contributed by atoms with Crippen molar-refractivity contribution in [2.24, 2.45) is 0 Å². The Bertz CT molecular complexity index is 339. The monoisotopic (exact) mass is 161 g/mol. The van der Waals surface area contributed by atoms with E-state index in [9.17, 15) is 14.4 Å². The highest BCUT2D eigenvalue weighted by atomic mass is 16.7. The second kappa shape index (κ2) is 2.45. The maximum Gasteiger partial charge on any atom is 0.446 e. The van der Waals surface area contributed by atoms with Crippen molar-refractivity contribution in [2.45, 2.75) is 6.54 Å². The topological polar surface area (TPSA) is 103 Å². The van der Waals surface area contributed by atoms with Crippen LogP contribution >= 0.6 is 0 Å². The van der Waals surface area contributed by atoms with Gasteiger partial charge < -0.3 is 5.11 Å². The van der Waals surface area contributed by atoms with Gasteiger partial charge in [0.25, 0.3) is 0 Å². The van der Waals surface area contributed by atoms with Crippen molar-refractivity contribution in [3.8, 4) is 0 Å². The molecule has 1 rings (SSSR count). The van der Waals surface area contributed by atoms with Crippen LogP contribution < -0.4 is 11.3 Å². The van der Waals surface area contributed by atoms with Gasteiger partial charge in [0.15, 0.2) is 6.54 Å². The van der Waals surface area contributed by atoms with Crippen molar-refractivity contribution in [2.75, 3.05) is 0 Å². The van der Waals surface area contributed by atoms with E-state index in [4.69, 9.17) is 5.11 Å². The average Bonchev–Trinajstić information content (AvgIpc) is 2.10. The molecular formula is C4H3NO6. The molecule has 0 aromatic carbocycles. The third-order valence-electron chi connectivity index (χ3n) is 0.800. The number of hydrogen-bond acceptors (Lipinski definition) is 5. The number of hydrogen-bond donors (Lipinski definition) is 1. The summed E-state index contributed by atoms with van der Waals surface area (Å²) in [5.41, 5.74) is -2.43. The Labute approximate surface area is 58.4 Å². The number of aliphatic carboxylic acids is 1. The fraction of sp³-hybridized carbons (Fsp3) is 0.250. The van der Waals surface area contributed by atoms with Crippen molar-refractivity contribution < 1.29 is 18.9 Å². The Hall–Kier alpha value is -1.79. The normalized spacial score (nSPS) is 9.82. The molecule has 0 unspecified atom stereocenters. The van der Waals surface area contributed by atoms with E-state index in [1.807, 2.05) is 0 Å². The predicted octanol–water partition coefficient (Wildman–Crippen LogP) is -1.52. The summed E-state index contributed by atoms with van der Waals surface area (Å²) in [6, 6.07) is 0. The lowest BCUT2D eigenvalue weighted by Gasteiger charge is -1.87. The summed E-state index contributed by atoms with van der Waals surface area (Å²) in [6.45, 7) is -0.683. The molecule has 0 aliphatic carbocycles. The number of rotatable bonds is 2. The van der Waals surface area contributed by atoms with Crippen LogP contribution in [0.25, 0.3) is 0 Å². The summed E-state index contributed by atoms with van der Waals surface area (Å²) < 4.78 is 8.05. The molecule has 0 amide bonds. The molecule has 0 atom stereocenters. The maximum absolute atomic E-state index is 10.2. The third-order valence-corrected chi connectivity index (χ3v) is 0.800. The molecule has 1 N–H and O–H groups in total. The van der Waals surface area contributed by atoms with E-state index in [1.165, 1.54) is 0 Å². The molecule has 11 heavy (non-hydrogen) atoms. The third kappa shape index (κ3) is 1.57. The molecule has 0 saturated heterocycles. The predicted molar refractivity (Wildman–Crippen MR) is 29.1 cm³/mol. The first kappa shape index (κ1) is 7.32. The lowest BCUT2D eigenvalue weighted by Crippen LogP contribution is -2.14. The van der Waals surface area contributed by atoms with Crippen LogP contribution in [0.2, 0.25) is 0 Å². The van der Waals surface area contributed by atoms with Gasteiger partial charge in [-0.1, -0.05) is 0 Å². The van der Waals surface area contributed by atoms with E-state index in [0.29, 0.717) is 4.91 Å². The van der Waals surface area contributed by atoms with Gasteiger partial charge in [-0.2, -0.15) is 0 Å². The summed E-state index contributed by atoms with van der Waals surface area (Å²) in [4.78, 5) is 30.7. The minimum Gasteiger partial charge on any atom is -0.480 e. The van der Waals surface area contributed by atoms with Crippen LogP contribution in [-0.4, -0.2) is 16.0 Å². The van der Waals surface area contributed by atoms with Gasteiger partial charge in [0, 0.05) is 0 Å². The van der Waals surface area contributed by atoms with E-state index in [0.717, 1.165) is 0 Å².